The van der Waals surface area contributed by atoms with Crippen molar-refractivity contribution in [3.63, 3.8) is 0 Å². The summed E-state index contributed by atoms with van der Waals surface area (Å²) in [5, 5.41) is 14.4. The Bertz CT molecular complexity index is 917. The van der Waals surface area contributed by atoms with E-state index in [9.17, 15) is 9.90 Å². The molecule has 0 aliphatic rings. The van der Waals surface area contributed by atoms with Crippen LogP contribution in [0.3, 0.4) is 0 Å². The highest BCUT2D eigenvalue weighted by molar-refractivity contribution is 6.32. The van der Waals surface area contributed by atoms with Gasteiger partial charge in [0.05, 0.1) is 11.4 Å². The van der Waals surface area contributed by atoms with Gasteiger partial charge in [0, 0.05) is 10.6 Å². The third kappa shape index (κ3) is 3.17. The molecule has 0 fully saturated rings. The van der Waals surface area contributed by atoms with Gasteiger partial charge in [0.1, 0.15) is 0 Å². The molecule has 0 bridgehead atoms. The molecule has 5 heteroatoms. The molecule has 0 amide bonds. The van der Waals surface area contributed by atoms with Crippen LogP contribution in [0.15, 0.2) is 48.5 Å². The largest absolute Gasteiger partial charge is 0.476 e. The van der Waals surface area contributed by atoms with Gasteiger partial charge in [0.25, 0.3) is 0 Å². The van der Waals surface area contributed by atoms with E-state index >= 15 is 0 Å². The maximum absolute atomic E-state index is 11.4. The predicted octanol–water partition coefficient (Wildman–Crippen LogP) is 5.02. The van der Waals surface area contributed by atoms with Crippen LogP contribution in [0, 0.1) is 0 Å². The highest BCUT2D eigenvalue weighted by Crippen LogP contribution is 2.31. The van der Waals surface area contributed by atoms with Crippen molar-refractivity contribution in [1.29, 1.82) is 0 Å². The molecular formula is C20H19ClN2O2. The lowest BCUT2D eigenvalue weighted by Crippen LogP contribution is -2.06. The summed E-state index contributed by atoms with van der Waals surface area (Å²) >= 11 is 6.57. The lowest BCUT2D eigenvalue weighted by molar-refractivity contribution is 0.0690. The maximum Gasteiger partial charge on any atom is 0.356 e. The van der Waals surface area contributed by atoms with Crippen LogP contribution in [0.25, 0.3) is 16.9 Å². The fraction of sp³-hybridized carbons (Fsp3) is 0.200. The Hall–Kier alpha value is -2.59. The first-order chi connectivity index (χ1) is 12.1. The fourth-order valence-corrected chi connectivity index (χ4v) is 3.38. The minimum absolute atomic E-state index is 0.0107. The van der Waals surface area contributed by atoms with Crippen LogP contribution >= 0.6 is 11.6 Å². The molecule has 3 rings (SSSR count). The van der Waals surface area contributed by atoms with E-state index in [1.807, 2.05) is 49.4 Å². The van der Waals surface area contributed by atoms with Crippen LogP contribution in [0.1, 0.15) is 35.5 Å². The minimum Gasteiger partial charge on any atom is -0.476 e. The summed E-state index contributed by atoms with van der Waals surface area (Å²) in [6, 6.07) is 15.2. The van der Waals surface area contributed by atoms with Gasteiger partial charge in [-0.05, 0) is 36.1 Å². The second kappa shape index (κ2) is 7.11. The first-order valence-corrected chi connectivity index (χ1v) is 8.64. The van der Waals surface area contributed by atoms with Crippen LogP contribution in [-0.4, -0.2) is 20.9 Å². The van der Waals surface area contributed by atoms with Gasteiger partial charge >= 0.3 is 5.97 Å². The van der Waals surface area contributed by atoms with Crippen LogP contribution in [0.5, 0.6) is 0 Å². The number of carbonyl (C=O) groups is 1. The molecule has 2 aromatic carbocycles. The van der Waals surface area contributed by atoms with Crippen molar-refractivity contribution in [2.75, 3.05) is 0 Å². The number of hydrogen-bond acceptors (Lipinski definition) is 2. The number of aromatic nitrogens is 2. The summed E-state index contributed by atoms with van der Waals surface area (Å²) in [5.41, 5.74) is 4.51. The van der Waals surface area contributed by atoms with E-state index in [2.05, 4.69) is 12.0 Å². The Morgan fingerprint density at radius 2 is 1.84 bits per heavy atom. The molecule has 1 N–H and O–H groups in total. The topological polar surface area (TPSA) is 55.1 Å². The van der Waals surface area contributed by atoms with Crippen LogP contribution in [-0.2, 0) is 12.8 Å². The number of benzene rings is 2. The van der Waals surface area contributed by atoms with Crippen molar-refractivity contribution in [3.8, 4) is 16.9 Å². The van der Waals surface area contributed by atoms with E-state index in [-0.39, 0.29) is 5.69 Å². The van der Waals surface area contributed by atoms with Gasteiger partial charge in [-0.3, -0.25) is 0 Å². The number of nitrogens with zero attached hydrogens (tertiary/aromatic N) is 2. The second-order valence-electron chi connectivity index (χ2n) is 5.74. The average Bonchev–Trinajstić information content (AvgIpc) is 3.07. The van der Waals surface area contributed by atoms with Gasteiger partial charge in [-0.1, -0.05) is 61.8 Å². The molecular weight excluding hydrogens is 336 g/mol. The average molecular weight is 355 g/mol. The van der Waals surface area contributed by atoms with Gasteiger partial charge in [0.15, 0.2) is 5.69 Å². The molecule has 0 saturated carbocycles. The molecule has 0 atom stereocenters. The van der Waals surface area contributed by atoms with Gasteiger partial charge in [-0.2, -0.15) is 5.10 Å². The highest BCUT2D eigenvalue weighted by atomic mass is 35.5. The summed E-state index contributed by atoms with van der Waals surface area (Å²) in [5.74, 6) is -1.05. The molecule has 1 aromatic heterocycles. The number of aromatic carboxylic acids is 1. The van der Waals surface area contributed by atoms with Gasteiger partial charge in [-0.25, -0.2) is 9.48 Å². The third-order valence-electron chi connectivity index (χ3n) is 4.26. The molecule has 0 aliphatic heterocycles. The molecule has 3 aromatic rings. The van der Waals surface area contributed by atoms with Crippen molar-refractivity contribution in [3.05, 3.63) is 70.4 Å². The zero-order valence-electron chi connectivity index (χ0n) is 14.2. The summed E-state index contributed by atoms with van der Waals surface area (Å²) < 4.78 is 1.68. The minimum atomic E-state index is -1.05. The van der Waals surface area contributed by atoms with Crippen molar-refractivity contribution in [1.82, 2.24) is 9.78 Å². The summed E-state index contributed by atoms with van der Waals surface area (Å²) in [6.07, 6.45) is 1.58. The number of carboxylic acid groups (broad SMARTS) is 1. The van der Waals surface area contributed by atoms with E-state index in [1.165, 1.54) is 0 Å². The third-order valence-corrected chi connectivity index (χ3v) is 4.73. The Balaban J connectivity index is 2.27. The summed E-state index contributed by atoms with van der Waals surface area (Å²) in [7, 11) is 0. The van der Waals surface area contributed by atoms with E-state index in [0.717, 1.165) is 45.9 Å². The molecule has 0 aliphatic carbocycles. The van der Waals surface area contributed by atoms with Crippen LogP contribution in [0.2, 0.25) is 5.02 Å². The van der Waals surface area contributed by atoms with Crippen molar-refractivity contribution < 1.29 is 9.90 Å². The predicted molar refractivity (Wildman–Crippen MR) is 99.7 cm³/mol. The SMILES string of the molecule is CCc1ccc(-n2nc(C(=O)O)cc2-c2ccccc2)c(CC)c1Cl. The molecule has 0 spiro atoms. The van der Waals surface area contributed by atoms with Gasteiger partial charge in [-0.15, -0.1) is 0 Å². The molecule has 25 heavy (non-hydrogen) atoms. The number of halogens is 1. The summed E-state index contributed by atoms with van der Waals surface area (Å²) in [4.78, 5) is 11.4. The fourth-order valence-electron chi connectivity index (χ4n) is 2.95. The monoisotopic (exact) mass is 354 g/mol. The van der Waals surface area contributed by atoms with E-state index in [1.54, 1.807) is 10.7 Å². The zero-order chi connectivity index (χ0) is 18.0. The van der Waals surface area contributed by atoms with Crippen molar-refractivity contribution in [2.45, 2.75) is 26.7 Å². The lowest BCUT2D eigenvalue weighted by atomic mass is 10.0. The molecule has 0 unspecified atom stereocenters. The highest BCUT2D eigenvalue weighted by Gasteiger charge is 2.19. The smallest absolute Gasteiger partial charge is 0.356 e. The molecule has 0 radical (unpaired) electrons. The number of carboxylic acids is 1. The Kier molecular flexibility index (Phi) is 4.91. The number of rotatable bonds is 5. The normalized spacial score (nSPS) is 10.8. The molecule has 128 valence electrons. The van der Waals surface area contributed by atoms with Gasteiger partial charge in [0.2, 0.25) is 0 Å². The van der Waals surface area contributed by atoms with Crippen molar-refractivity contribution >= 4 is 17.6 Å². The van der Waals surface area contributed by atoms with Gasteiger partial charge < -0.3 is 5.11 Å². The Morgan fingerprint density at radius 3 is 2.44 bits per heavy atom. The zero-order valence-corrected chi connectivity index (χ0v) is 14.9. The number of aryl methyl sites for hydroxylation is 1. The van der Waals surface area contributed by atoms with E-state index < -0.39 is 5.97 Å². The van der Waals surface area contributed by atoms with Crippen LogP contribution < -0.4 is 0 Å². The lowest BCUT2D eigenvalue weighted by Gasteiger charge is -2.15. The standard InChI is InChI=1S/C20H19ClN2O2/c1-3-13-10-11-17(15(4-2)19(13)21)23-18(12-16(22-23)20(24)25)14-8-6-5-7-9-14/h5-12H,3-4H2,1-2H3,(H,24,25). The van der Waals surface area contributed by atoms with Crippen LogP contribution in [0.4, 0.5) is 0 Å². The first kappa shape index (κ1) is 17.2. The van der Waals surface area contributed by atoms with Crippen molar-refractivity contribution in [2.24, 2.45) is 0 Å². The molecule has 4 nitrogen and oxygen atoms in total. The summed E-state index contributed by atoms with van der Waals surface area (Å²) in [6.45, 7) is 4.10. The molecule has 1 heterocycles. The van der Waals surface area contributed by atoms with E-state index in [4.69, 9.17) is 11.6 Å². The molecule has 0 saturated heterocycles. The second-order valence-corrected chi connectivity index (χ2v) is 6.12. The quantitative estimate of drug-likeness (QED) is 0.700. The Morgan fingerprint density at radius 1 is 1.12 bits per heavy atom. The Labute approximate surface area is 151 Å². The first-order valence-electron chi connectivity index (χ1n) is 8.26. The number of hydrogen-bond donors (Lipinski definition) is 1. The maximum atomic E-state index is 11.4. The van der Waals surface area contributed by atoms with E-state index in [0.29, 0.717) is 0 Å².